The van der Waals surface area contributed by atoms with Crippen molar-refractivity contribution in [3.8, 4) is 6.07 Å². The number of nitrogens with one attached hydrogen (secondary N) is 2. The van der Waals surface area contributed by atoms with Crippen molar-refractivity contribution in [2.75, 3.05) is 19.8 Å². The lowest BCUT2D eigenvalue weighted by molar-refractivity contribution is -0.117. The van der Waals surface area contributed by atoms with Gasteiger partial charge in [0.1, 0.15) is 11.6 Å². The summed E-state index contributed by atoms with van der Waals surface area (Å²) in [5, 5.41) is 14.7. The van der Waals surface area contributed by atoms with E-state index < -0.39 is 0 Å². The van der Waals surface area contributed by atoms with E-state index in [0.29, 0.717) is 26.3 Å². The second-order valence-electron chi connectivity index (χ2n) is 4.45. The van der Waals surface area contributed by atoms with Crippen molar-refractivity contribution >= 4 is 21.8 Å². The molecular weight excluding hydrogens is 346 g/mol. The Morgan fingerprint density at radius 2 is 2.23 bits per heavy atom. The van der Waals surface area contributed by atoms with E-state index in [1.807, 2.05) is 37.3 Å². The molecule has 1 aromatic rings. The zero-order valence-corrected chi connectivity index (χ0v) is 14.1. The molecule has 118 valence electrons. The Kier molecular flexibility index (Phi) is 8.96. The van der Waals surface area contributed by atoms with Gasteiger partial charge in [-0.25, -0.2) is 0 Å². The third kappa shape index (κ3) is 6.74. The molecule has 0 heterocycles. The molecule has 0 saturated heterocycles. The van der Waals surface area contributed by atoms with Crippen LogP contribution in [0.15, 0.2) is 40.5 Å². The van der Waals surface area contributed by atoms with Crippen molar-refractivity contribution in [2.45, 2.75) is 19.9 Å². The van der Waals surface area contributed by atoms with Crippen LogP contribution in [0.5, 0.6) is 0 Å². The summed E-state index contributed by atoms with van der Waals surface area (Å²) >= 11 is 3.45. The number of benzene rings is 1. The summed E-state index contributed by atoms with van der Waals surface area (Å²) in [5.41, 5.74) is 1.11. The van der Waals surface area contributed by atoms with Crippen LogP contribution in [0.4, 0.5) is 0 Å². The fourth-order valence-corrected chi connectivity index (χ4v) is 2.09. The Hall–Kier alpha value is -1.84. The molecule has 0 aliphatic carbocycles. The first-order chi connectivity index (χ1) is 10.7. The predicted molar refractivity (Wildman–Crippen MR) is 88.8 cm³/mol. The Morgan fingerprint density at radius 3 is 2.91 bits per heavy atom. The minimum Gasteiger partial charge on any atom is -0.386 e. The van der Waals surface area contributed by atoms with Crippen molar-refractivity contribution in [1.29, 1.82) is 5.26 Å². The van der Waals surface area contributed by atoms with E-state index in [9.17, 15) is 4.79 Å². The van der Waals surface area contributed by atoms with Gasteiger partial charge in [0, 0.05) is 37.0 Å². The number of amides is 1. The molecule has 5 nitrogen and oxygen atoms in total. The first kappa shape index (κ1) is 18.2. The van der Waals surface area contributed by atoms with Crippen LogP contribution in [0.25, 0.3) is 0 Å². The third-order valence-corrected chi connectivity index (χ3v) is 3.59. The molecule has 1 rings (SSSR count). The van der Waals surface area contributed by atoms with Gasteiger partial charge in [0.2, 0.25) is 0 Å². The van der Waals surface area contributed by atoms with Crippen LogP contribution >= 0.6 is 15.9 Å². The molecule has 0 bridgehead atoms. The molecule has 0 saturated carbocycles. The third-order valence-electron chi connectivity index (χ3n) is 2.82. The van der Waals surface area contributed by atoms with Crippen molar-refractivity contribution in [3.63, 3.8) is 0 Å². The van der Waals surface area contributed by atoms with E-state index >= 15 is 0 Å². The molecule has 0 aromatic heterocycles. The highest BCUT2D eigenvalue weighted by Gasteiger charge is 2.07. The second kappa shape index (κ2) is 10.8. The number of halogens is 1. The standard InChI is InChI=1S/C16H20BrN3O2/c1-2-22-9-5-8-20-16(21)14(10-18)12-19-11-13-6-3-4-7-15(13)17/h3-4,6-7,12,19H,2,5,8-9,11H2,1H3,(H,20,21)/b14-12-. The predicted octanol–water partition coefficient (Wildman–Crippen LogP) is 2.49. The molecule has 0 radical (unpaired) electrons. The highest BCUT2D eigenvalue weighted by Crippen LogP contribution is 2.15. The Balaban J connectivity index is 2.41. The topological polar surface area (TPSA) is 74.1 Å². The zero-order chi connectivity index (χ0) is 16.2. The van der Waals surface area contributed by atoms with E-state index in [0.717, 1.165) is 16.5 Å². The monoisotopic (exact) mass is 365 g/mol. The van der Waals surface area contributed by atoms with Crippen molar-refractivity contribution < 1.29 is 9.53 Å². The highest BCUT2D eigenvalue weighted by molar-refractivity contribution is 9.10. The van der Waals surface area contributed by atoms with Crippen LogP contribution in [-0.4, -0.2) is 25.7 Å². The maximum atomic E-state index is 11.8. The van der Waals surface area contributed by atoms with E-state index in [1.54, 1.807) is 0 Å². The SMILES string of the molecule is CCOCCCNC(=O)/C(C#N)=C\NCc1ccccc1Br. The lowest BCUT2D eigenvalue weighted by atomic mass is 10.2. The molecule has 22 heavy (non-hydrogen) atoms. The Bertz CT molecular complexity index is 553. The number of carbonyl (C=O) groups is 1. The molecule has 1 aromatic carbocycles. The quantitative estimate of drug-likeness (QED) is 0.400. The molecule has 1 amide bonds. The zero-order valence-electron chi connectivity index (χ0n) is 12.6. The second-order valence-corrected chi connectivity index (χ2v) is 5.30. The van der Waals surface area contributed by atoms with Crippen LogP contribution in [0, 0.1) is 11.3 Å². The van der Waals surface area contributed by atoms with Gasteiger partial charge in [0.25, 0.3) is 5.91 Å². The maximum absolute atomic E-state index is 11.8. The fourth-order valence-electron chi connectivity index (χ4n) is 1.67. The Morgan fingerprint density at radius 1 is 1.45 bits per heavy atom. The lowest BCUT2D eigenvalue weighted by Crippen LogP contribution is -2.27. The smallest absolute Gasteiger partial charge is 0.263 e. The summed E-state index contributed by atoms with van der Waals surface area (Å²) in [6.45, 7) is 4.21. The van der Waals surface area contributed by atoms with Crippen molar-refractivity contribution in [3.05, 3.63) is 46.1 Å². The molecule has 0 aliphatic heterocycles. The number of nitrogens with zero attached hydrogens (tertiary/aromatic N) is 1. The molecule has 0 atom stereocenters. The molecule has 0 fully saturated rings. The summed E-state index contributed by atoms with van der Waals surface area (Å²) < 4.78 is 6.16. The van der Waals surface area contributed by atoms with Gasteiger partial charge in [-0.1, -0.05) is 34.1 Å². The number of hydrogen-bond acceptors (Lipinski definition) is 4. The van der Waals surface area contributed by atoms with Gasteiger partial charge in [0.05, 0.1) is 0 Å². The highest BCUT2D eigenvalue weighted by atomic mass is 79.9. The molecule has 2 N–H and O–H groups in total. The van der Waals surface area contributed by atoms with E-state index in [2.05, 4.69) is 26.6 Å². The van der Waals surface area contributed by atoms with Gasteiger partial charge in [-0.05, 0) is 25.0 Å². The van der Waals surface area contributed by atoms with E-state index in [-0.39, 0.29) is 11.5 Å². The number of rotatable bonds is 9. The minimum atomic E-state index is -0.376. The molecule has 0 aliphatic rings. The average molecular weight is 366 g/mol. The van der Waals surface area contributed by atoms with E-state index in [4.69, 9.17) is 10.00 Å². The first-order valence-electron chi connectivity index (χ1n) is 7.12. The van der Waals surface area contributed by atoms with Crippen LogP contribution < -0.4 is 10.6 Å². The van der Waals surface area contributed by atoms with Crippen molar-refractivity contribution in [1.82, 2.24) is 10.6 Å². The first-order valence-corrected chi connectivity index (χ1v) is 7.91. The number of nitriles is 1. The average Bonchev–Trinajstić information content (AvgIpc) is 2.53. The Labute approximate surface area is 139 Å². The summed E-state index contributed by atoms with van der Waals surface area (Å²) in [4.78, 5) is 11.8. The minimum absolute atomic E-state index is 0.0588. The number of carbonyl (C=O) groups excluding carboxylic acids is 1. The normalized spacial score (nSPS) is 10.9. The van der Waals surface area contributed by atoms with Gasteiger partial charge in [0.15, 0.2) is 0 Å². The fraction of sp³-hybridized carbons (Fsp3) is 0.375. The van der Waals surface area contributed by atoms with Crippen LogP contribution in [0.3, 0.4) is 0 Å². The molecular formula is C16H20BrN3O2. The summed E-state index contributed by atoms with van der Waals surface area (Å²) in [5.74, 6) is -0.376. The van der Waals surface area contributed by atoms with Gasteiger partial charge in [-0.15, -0.1) is 0 Å². The summed E-state index contributed by atoms with van der Waals surface area (Å²) in [6, 6.07) is 9.67. The van der Waals surface area contributed by atoms with Crippen molar-refractivity contribution in [2.24, 2.45) is 0 Å². The number of hydrogen-bond donors (Lipinski definition) is 2. The van der Waals surface area contributed by atoms with Crippen LogP contribution in [0.1, 0.15) is 18.9 Å². The van der Waals surface area contributed by atoms with Crippen LogP contribution in [-0.2, 0) is 16.1 Å². The molecule has 0 unspecified atom stereocenters. The molecule has 6 heteroatoms. The largest absolute Gasteiger partial charge is 0.386 e. The van der Waals surface area contributed by atoms with Crippen LogP contribution in [0.2, 0.25) is 0 Å². The van der Waals surface area contributed by atoms with Gasteiger partial charge < -0.3 is 15.4 Å². The van der Waals surface area contributed by atoms with Gasteiger partial charge >= 0.3 is 0 Å². The summed E-state index contributed by atoms with van der Waals surface area (Å²) in [7, 11) is 0. The van der Waals surface area contributed by atoms with E-state index in [1.165, 1.54) is 6.20 Å². The summed E-state index contributed by atoms with van der Waals surface area (Å²) in [6.07, 6.45) is 2.17. The lowest BCUT2D eigenvalue weighted by Gasteiger charge is -2.06. The molecule has 0 spiro atoms. The van der Waals surface area contributed by atoms with Gasteiger partial charge in [-0.3, -0.25) is 4.79 Å². The number of ether oxygens (including phenoxy) is 1. The van der Waals surface area contributed by atoms with Gasteiger partial charge in [-0.2, -0.15) is 5.26 Å². The maximum Gasteiger partial charge on any atom is 0.263 e.